The molecule has 1 saturated heterocycles. The van der Waals surface area contributed by atoms with Gasteiger partial charge in [-0.2, -0.15) is 0 Å². The van der Waals surface area contributed by atoms with Crippen molar-refractivity contribution in [3.63, 3.8) is 0 Å². The second-order valence-electron chi connectivity index (χ2n) is 8.12. The number of aliphatic hydroxyl groups is 1. The van der Waals surface area contributed by atoms with Crippen molar-refractivity contribution >= 4 is 0 Å². The fourth-order valence-electron chi connectivity index (χ4n) is 4.46. The average Bonchev–Trinajstić information content (AvgIpc) is 2.59. The number of unbranched alkanes of at least 4 members (excludes halogenated alkanes) is 1. The molecular weight excluding hydrogens is 284 g/mol. The van der Waals surface area contributed by atoms with Crippen LogP contribution in [0.4, 0.5) is 0 Å². The number of hydrogen-bond acceptors (Lipinski definition) is 3. The van der Waals surface area contributed by atoms with E-state index >= 15 is 0 Å². The Balaban J connectivity index is 1.80. The van der Waals surface area contributed by atoms with Crippen molar-refractivity contribution in [1.29, 1.82) is 0 Å². The van der Waals surface area contributed by atoms with Crippen LogP contribution in [0.1, 0.15) is 78.1 Å². The van der Waals surface area contributed by atoms with Crippen LogP contribution < -0.4 is 5.32 Å². The zero-order valence-corrected chi connectivity index (χ0v) is 15.6. The molecule has 0 radical (unpaired) electrons. The SMILES string of the molecule is CCCCN1CC(CC(O)CC)CC(NCC2CCCCC2)C1. The first kappa shape index (κ1) is 19.2. The van der Waals surface area contributed by atoms with E-state index in [4.69, 9.17) is 0 Å². The summed E-state index contributed by atoms with van der Waals surface area (Å²) in [5.41, 5.74) is 0. The van der Waals surface area contributed by atoms with Crippen LogP contribution in [-0.4, -0.2) is 48.3 Å². The summed E-state index contributed by atoms with van der Waals surface area (Å²) in [4.78, 5) is 2.65. The summed E-state index contributed by atoms with van der Waals surface area (Å²) in [6, 6.07) is 0.636. The van der Waals surface area contributed by atoms with Crippen LogP contribution in [-0.2, 0) is 0 Å². The summed E-state index contributed by atoms with van der Waals surface area (Å²) in [7, 11) is 0. The molecule has 23 heavy (non-hydrogen) atoms. The minimum absolute atomic E-state index is 0.106. The van der Waals surface area contributed by atoms with Crippen LogP contribution in [0.5, 0.6) is 0 Å². The van der Waals surface area contributed by atoms with Crippen LogP contribution in [0.3, 0.4) is 0 Å². The van der Waals surface area contributed by atoms with Crippen LogP contribution in [0.15, 0.2) is 0 Å². The molecule has 3 nitrogen and oxygen atoms in total. The normalized spacial score (nSPS) is 28.8. The van der Waals surface area contributed by atoms with Crippen molar-refractivity contribution in [3.05, 3.63) is 0 Å². The summed E-state index contributed by atoms with van der Waals surface area (Å²) in [6.07, 6.45) is 12.8. The van der Waals surface area contributed by atoms with Crippen LogP contribution in [0, 0.1) is 11.8 Å². The van der Waals surface area contributed by atoms with Gasteiger partial charge in [-0.15, -0.1) is 0 Å². The number of hydrogen-bond donors (Lipinski definition) is 2. The monoisotopic (exact) mass is 324 g/mol. The van der Waals surface area contributed by atoms with Gasteiger partial charge in [0.1, 0.15) is 0 Å². The lowest BCUT2D eigenvalue weighted by molar-refractivity contribution is 0.0817. The van der Waals surface area contributed by atoms with Crippen LogP contribution >= 0.6 is 0 Å². The lowest BCUT2D eigenvalue weighted by Crippen LogP contribution is -2.50. The second kappa shape index (κ2) is 10.7. The molecule has 1 aliphatic heterocycles. The Morgan fingerprint density at radius 3 is 2.57 bits per heavy atom. The summed E-state index contributed by atoms with van der Waals surface area (Å²) in [6.45, 7) is 9.23. The molecule has 2 N–H and O–H groups in total. The predicted molar refractivity (Wildman–Crippen MR) is 98.7 cm³/mol. The van der Waals surface area contributed by atoms with Gasteiger partial charge in [-0.05, 0) is 63.5 Å². The standard InChI is InChI=1S/C20H40N2O/c1-3-5-11-22-15-18(13-20(23)4-2)12-19(16-22)21-14-17-9-7-6-8-10-17/h17-21,23H,3-16H2,1-2H3. The molecule has 0 aromatic heterocycles. The van der Waals surface area contributed by atoms with Crippen molar-refractivity contribution in [1.82, 2.24) is 10.2 Å². The van der Waals surface area contributed by atoms with Gasteiger partial charge >= 0.3 is 0 Å². The van der Waals surface area contributed by atoms with Gasteiger partial charge in [-0.25, -0.2) is 0 Å². The molecule has 3 atom stereocenters. The predicted octanol–water partition coefficient (Wildman–Crippen LogP) is 3.81. The fraction of sp³-hybridized carbons (Fsp3) is 1.00. The maximum atomic E-state index is 10.1. The Kier molecular flexibility index (Phi) is 8.92. The molecule has 1 saturated carbocycles. The van der Waals surface area contributed by atoms with Gasteiger partial charge in [0, 0.05) is 19.1 Å². The molecule has 1 aliphatic carbocycles. The van der Waals surface area contributed by atoms with Gasteiger partial charge < -0.3 is 15.3 Å². The third-order valence-electron chi connectivity index (χ3n) is 5.94. The smallest absolute Gasteiger partial charge is 0.0540 e. The quantitative estimate of drug-likeness (QED) is 0.677. The summed E-state index contributed by atoms with van der Waals surface area (Å²) >= 11 is 0. The minimum atomic E-state index is -0.106. The van der Waals surface area contributed by atoms with E-state index in [1.165, 1.54) is 77.5 Å². The average molecular weight is 325 g/mol. The van der Waals surface area contributed by atoms with E-state index in [-0.39, 0.29) is 6.10 Å². The van der Waals surface area contributed by atoms with E-state index < -0.39 is 0 Å². The molecule has 0 bridgehead atoms. The first-order valence-corrected chi connectivity index (χ1v) is 10.3. The maximum Gasteiger partial charge on any atom is 0.0540 e. The molecule has 2 fully saturated rings. The Labute approximate surface area is 144 Å². The van der Waals surface area contributed by atoms with E-state index in [2.05, 4.69) is 24.1 Å². The van der Waals surface area contributed by atoms with Crippen molar-refractivity contribution in [2.75, 3.05) is 26.2 Å². The zero-order chi connectivity index (χ0) is 16.5. The van der Waals surface area contributed by atoms with Gasteiger partial charge in [0.05, 0.1) is 6.10 Å². The third-order valence-corrected chi connectivity index (χ3v) is 5.94. The molecule has 0 spiro atoms. The van der Waals surface area contributed by atoms with Gasteiger partial charge in [0.25, 0.3) is 0 Å². The Morgan fingerprint density at radius 1 is 1.09 bits per heavy atom. The molecule has 136 valence electrons. The molecule has 0 amide bonds. The molecule has 0 aromatic rings. The largest absolute Gasteiger partial charge is 0.393 e. The molecule has 3 unspecified atom stereocenters. The number of likely N-dealkylation sites (tertiary alicyclic amines) is 1. The topological polar surface area (TPSA) is 35.5 Å². The van der Waals surface area contributed by atoms with E-state index in [0.29, 0.717) is 12.0 Å². The van der Waals surface area contributed by atoms with Gasteiger partial charge in [-0.3, -0.25) is 0 Å². The Hall–Kier alpha value is -0.120. The number of piperidine rings is 1. The first-order chi connectivity index (χ1) is 11.2. The van der Waals surface area contributed by atoms with E-state index in [1.54, 1.807) is 0 Å². The zero-order valence-electron chi connectivity index (χ0n) is 15.6. The molecule has 2 rings (SSSR count). The second-order valence-corrected chi connectivity index (χ2v) is 8.12. The van der Waals surface area contributed by atoms with Gasteiger partial charge in [0.15, 0.2) is 0 Å². The van der Waals surface area contributed by atoms with Crippen molar-refractivity contribution in [3.8, 4) is 0 Å². The highest BCUT2D eigenvalue weighted by Gasteiger charge is 2.28. The van der Waals surface area contributed by atoms with Gasteiger partial charge in [-0.1, -0.05) is 39.5 Å². The van der Waals surface area contributed by atoms with Crippen LogP contribution in [0.2, 0.25) is 0 Å². The Morgan fingerprint density at radius 2 is 1.87 bits per heavy atom. The molecular formula is C20H40N2O. The summed E-state index contributed by atoms with van der Waals surface area (Å²) in [5.74, 6) is 1.58. The number of rotatable bonds is 9. The number of nitrogens with zero attached hydrogens (tertiary/aromatic N) is 1. The van der Waals surface area contributed by atoms with E-state index in [9.17, 15) is 5.11 Å². The van der Waals surface area contributed by atoms with Gasteiger partial charge in [0.2, 0.25) is 0 Å². The molecule has 0 aromatic carbocycles. The highest BCUT2D eigenvalue weighted by Crippen LogP contribution is 2.25. The maximum absolute atomic E-state index is 10.1. The lowest BCUT2D eigenvalue weighted by Gasteiger charge is -2.39. The fourth-order valence-corrected chi connectivity index (χ4v) is 4.46. The van der Waals surface area contributed by atoms with E-state index in [0.717, 1.165) is 18.8 Å². The highest BCUT2D eigenvalue weighted by molar-refractivity contribution is 4.85. The Bertz CT molecular complexity index is 304. The van der Waals surface area contributed by atoms with Crippen LogP contribution in [0.25, 0.3) is 0 Å². The minimum Gasteiger partial charge on any atom is -0.393 e. The number of aliphatic hydroxyl groups excluding tert-OH is 1. The number of nitrogens with one attached hydrogen (secondary N) is 1. The third kappa shape index (κ3) is 7.11. The van der Waals surface area contributed by atoms with E-state index in [1.807, 2.05) is 0 Å². The molecule has 2 aliphatic rings. The lowest BCUT2D eigenvalue weighted by atomic mass is 9.87. The van der Waals surface area contributed by atoms with Crippen molar-refractivity contribution in [2.45, 2.75) is 90.2 Å². The first-order valence-electron chi connectivity index (χ1n) is 10.3. The van der Waals surface area contributed by atoms with Crippen molar-refractivity contribution < 1.29 is 5.11 Å². The highest BCUT2D eigenvalue weighted by atomic mass is 16.3. The summed E-state index contributed by atoms with van der Waals surface area (Å²) in [5, 5.41) is 13.9. The summed E-state index contributed by atoms with van der Waals surface area (Å²) < 4.78 is 0. The molecule has 1 heterocycles. The van der Waals surface area contributed by atoms with Crippen molar-refractivity contribution in [2.24, 2.45) is 11.8 Å². The molecule has 3 heteroatoms.